The molecule has 0 unspecified atom stereocenters. The lowest BCUT2D eigenvalue weighted by atomic mass is 10.0. The number of nitrogens with zero attached hydrogens (tertiary/aromatic N) is 2. The average molecular weight is 765 g/mol. The molecule has 0 spiro atoms. The normalized spacial score (nSPS) is 11.6. The molecule has 11 rings (SSSR count). The summed E-state index contributed by atoms with van der Waals surface area (Å²) >= 11 is 0. The first kappa shape index (κ1) is 34.5. The van der Waals surface area contributed by atoms with Crippen LogP contribution >= 0.6 is 0 Å². The number of aromatic nitrogens is 1. The molecule has 0 amide bonds. The Morgan fingerprint density at radius 1 is 0.373 bits per heavy atom. The van der Waals surface area contributed by atoms with E-state index in [1.165, 1.54) is 24.3 Å². The number of hydrogen-bond acceptors (Lipinski definition) is 2. The summed E-state index contributed by atoms with van der Waals surface area (Å²) in [5, 5.41) is 3.93. The molecule has 0 aliphatic heterocycles. The van der Waals surface area contributed by atoms with Gasteiger partial charge in [0.05, 0.1) is 11.0 Å². The van der Waals surface area contributed by atoms with Crippen LogP contribution in [0.2, 0.25) is 0 Å². The second-order valence-corrected chi connectivity index (χ2v) is 14.8. The van der Waals surface area contributed by atoms with Crippen molar-refractivity contribution in [3.8, 4) is 39.1 Å². The standard InChI is InChI=1S/C54H34F2N2O/c55-40-23-29-47-48-30-24-41(56)34-52(48)58(51(47)33-40)45-14-7-12-39(32-45)38-11-6-13-44(31-38)57(42-25-19-36(20-26-42)35-9-2-1-3-10-35)43-27-21-37(22-28-43)46-16-8-17-50-49-15-4-5-18-53(49)59-54(46)50/h1-34H. The maximum atomic E-state index is 14.7. The monoisotopic (exact) mass is 764 g/mol. The molecule has 9 aromatic carbocycles. The van der Waals surface area contributed by atoms with Crippen LogP contribution in [0, 0.1) is 11.6 Å². The molecule has 0 atom stereocenters. The lowest BCUT2D eigenvalue weighted by Crippen LogP contribution is -2.10. The Labute approximate surface area is 339 Å². The van der Waals surface area contributed by atoms with Crippen LogP contribution in [0.5, 0.6) is 0 Å². The number of benzene rings is 9. The molecule has 2 heterocycles. The molecule has 3 nitrogen and oxygen atoms in total. The van der Waals surface area contributed by atoms with Gasteiger partial charge in [-0.2, -0.15) is 0 Å². The molecule has 0 radical (unpaired) electrons. The zero-order chi connectivity index (χ0) is 39.5. The number of para-hydroxylation sites is 2. The van der Waals surface area contributed by atoms with E-state index in [4.69, 9.17) is 4.42 Å². The molecular weight excluding hydrogens is 731 g/mol. The van der Waals surface area contributed by atoms with Gasteiger partial charge < -0.3 is 13.9 Å². The number of anilines is 3. The van der Waals surface area contributed by atoms with Crippen molar-refractivity contribution in [1.29, 1.82) is 0 Å². The van der Waals surface area contributed by atoms with Crippen LogP contribution in [-0.2, 0) is 0 Å². The summed E-state index contributed by atoms with van der Waals surface area (Å²) in [7, 11) is 0. The van der Waals surface area contributed by atoms with E-state index in [1.807, 2.05) is 41.0 Å². The van der Waals surface area contributed by atoms with Crippen molar-refractivity contribution >= 4 is 60.8 Å². The first-order valence-corrected chi connectivity index (χ1v) is 19.6. The zero-order valence-electron chi connectivity index (χ0n) is 31.7. The van der Waals surface area contributed by atoms with Gasteiger partial charge in [0.25, 0.3) is 0 Å². The third-order valence-electron chi connectivity index (χ3n) is 11.3. The van der Waals surface area contributed by atoms with Crippen molar-refractivity contribution < 1.29 is 13.2 Å². The molecule has 0 saturated heterocycles. The Morgan fingerprint density at radius 3 is 1.64 bits per heavy atom. The molecule has 11 aromatic rings. The SMILES string of the molecule is Fc1ccc2c3ccc(F)cc3n(-c3cccc(-c4cccc(N(c5ccc(-c6ccccc6)cc5)c5ccc(-c6cccc7c6oc6ccccc67)cc5)c4)c3)c2c1. The molecule has 280 valence electrons. The van der Waals surface area contributed by atoms with Gasteiger partial charge in [-0.25, -0.2) is 8.78 Å². The highest BCUT2D eigenvalue weighted by Crippen LogP contribution is 2.41. The number of furan rings is 1. The van der Waals surface area contributed by atoms with E-state index in [0.29, 0.717) is 11.0 Å². The fourth-order valence-corrected chi connectivity index (χ4v) is 8.54. The van der Waals surface area contributed by atoms with Crippen molar-refractivity contribution in [2.75, 3.05) is 4.90 Å². The summed E-state index contributed by atoms with van der Waals surface area (Å²) in [4.78, 5) is 2.27. The summed E-state index contributed by atoms with van der Waals surface area (Å²) in [5.41, 5.74) is 13.3. The van der Waals surface area contributed by atoms with E-state index in [0.717, 1.165) is 88.8 Å². The van der Waals surface area contributed by atoms with E-state index in [1.54, 1.807) is 12.1 Å². The average Bonchev–Trinajstić information content (AvgIpc) is 3.82. The Morgan fingerprint density at radius 2 is 0.932 bits per heavy atom. The highest BCUT2D eigenvalue weighted by Gasteiger charge is 2.18. The van der Waals surface area contributed by atoms with Crippen molar-refractivity contribution in [2.24, 2.45) is 0 Å². The lowest BCUT2D eigenvalue weighted by molar-refractivity contribution is 0.629. The Hall–Kier alpha value is -7.76. The summed E-state index contributed by atoms with van der Waals surface area (Å²) < 4.78 is 37.8. The summed E-state index contributed by atoms with van der Waals surface area (Å²) in [6.45, 7) is 0. The number of hydrogen-bond donors (Lipinski definition) is 0. The van der Waals surface area contributed by atoms with Crippen LogP contribution in [0.3, 0.4) is 0 Å². The maximum Gasteiger partial charge on any atom is 0.143 e. The summed E-state index contributed by atoms with van der Waals surface area (Å²) in [6, 6.07) is 68.3. The number of fused-ring (bicyclic) bond motifs is 6. The van der Waals surface area contributed by atoms with E-state index in [9.17, 15) is 8.78 Å². The largest absolute Gasteiger partial charge is 0.455 e. The van der Waals surface area contributed by atoms with Gasteiger partial charge >= 0.3 is 0 Å². The van der Waals surface area contributed by atoms with Crippen molar-refractivity contribution in [2.45, 2.75) is 0 Å². The molecular formula is C54H34F2N2O. The maximum absolute atomic E-state index is 14.7. The van der Waals surface area contributed by atoms with Gasteiger partial charge in [-0.3, -0.25) is 0 Å². The van der Waals surface area contributed by atoms with Crippen molar-refractivity contribution in [3.63, 3.8) is 0 Å². The topological polar surface area (TPSA) is 21.3 Å². The van der Waals surface area contributed by atoms with Crippen LogP contribution in [0.1, 0.15) is 0 Å². The first-order valence-electron chi connectivity index (χ1n) is 19.6. The third-order valence-corrected chi connectivity index (χ3v) is 11.3. The fourth-order valence-electron chi connectivity index (χ4n) is 8.54. The Bertz CT molecular complexity index is 3290. The first-order chi connectivity index (χ1) is 29.1. The number of rotatable bonds is 7. The van der Waals surface area contributed by atoms with Crippen molar-refractivity contribution in [3.05, 3.63) is 218 Å². The molecule has 0 saturated carbocycles. The van der Waals surface area contributed by atoms with E-state index < -0.39 is 0 Å². The second kappa shape index (κ2) is 14.0. The van der Waals surface area contributed by atoms with Crippen LogP contribution in [0.25, 0.3) is 82.8 Å². The predicted molar refractivity (Wildman–Crippen MR) is 239 cm³/mol. The minimum Gasteiger partial charge on any atom is -0.455 e. The molecule has 5 heteroatoms. The smallest absolute Gasteiger partial charge is 0.143 e. The van der Waals surface area contributed by atoms with Crippen LogP contribution in [0.15, 0.2) is 211 Å². The highest BCUT2D eigenvalue weighted by atomic mass is 19.1. The molecule has 0 aliphatic rings. The van der Waals surface area contributed by atoms with Crippen LogP contribution in [-0.4, -0.2) is 4.57 Å². The Kier molecular flexibility index (Phi) is 8.19. The molecule has 0 bridgehead atoms. The minimum atomic E-state index is -0.345. The lowest BCUT2D eigenvalue weighted by Gasteiger charge is -2.26. The van der Waals surface area contributed by atoms with Gasteiger partial charge in [-0.1, -0.05) is 115 Å². The van der Waals surface area contributed by atoms with Crippen LogP contribution in [0.4, 0.5) is 25.8 Å². The van der Waals surface area contributed by atoms with Gasteiger partial charge in [-0.05, 0) is 119 Å². The summed E-state index contributed by atoms with van der Waals surface area (Å²) in [5.74, 6) is -0.690. The van der Waals surface area contributed by atoms with E-state index >= 15 is 0 Å². The minimum absolute atomic E-state index is 0.345. The highest BCUT2D eigenvalue weighted by molar-refractivity contribution is 6.10. The van der Waals surface area contributed by atoms with Gasteiger partial charge in [0.2, 0.25) is 0 Å². The predicted octanol–water partition coefficient (Wildman–Crippen LogP) is 15.4. The second-order valence-electron chi connectivity index (χ2n) is 14.8. The molecule has 2 aromatic heterocycles. The van der Waals surface area contributed by atoms with E-state index in [-0.39, 0.29) is 11.6 Å². The molecule has 0 fully saturated rings. The number of halogens is 2. The van der Waals surface area contributed by atoms with Crippen molar-refractivity contribution in [1.82, 2.24) is 4.57 Å². The zero-order valence-corrected chi connectivity index (χ0v) is 31.7. The summed E-state index contributed by atoms with van der Waals surface area (Å²) in [6.07, 6.45) is 0. The quantitative estimate of drug-likeness (QED) is 0.161. The van der Waals surface area contributed by atoms with Gasteiger partial charge in [-0.15, -0.1) is 0 Å². The Balaban J connectivity index is 1.02. The molecule has 0 N–H and O–H groups in total. The molecule has 0 aliphatic carbocycles. The van der Waals surface area contributed by atoms with E-state index in [2.05, 4.69) is 138 Å². The van der Waals surface area contributed by atoms with Gasteiger partial charge in [0, 0.05) is 49.9 Å². The third kappa shape index (κ3) is 6.03. The molecule has 59 heavy (non-hydrogen) atoms. The fraction of sp³-hybridized carbons (Fsp3) is 0. The van der Waals surface area contributed by atoms with Gasteiger partial charge in [0.1, 0.15) is 22.8 Å². The van der Waals surface area contributed by atoms with Gasteiger partial charge in [0.15, 0.2) is 0 Å². The van der Waals surface area contributed by atoms with Crippen LogP contribution < -0.4 is 4.90 Å².